The van der Waals surface area contributed by atoms with Gasteiger partial charge in [0.15, 0.2) is 11.5 Å². The molecular formula is C17H16F3N7O. The number of aromatic nitrogens is 5. The fraction of sp³-hybridized carbons (Fsp3) is 0.353. The van der Waals surface area contributed by atoms with Gasteiger partial charge >= 0.3 is 6.18 Å². The van der Waals surface area contributed by atoms with Gasteiger partial charge in [-0.1, -0.05) is 0 Å². The van der Waals surface area contributed by atoms with E-state index in [4.69, 9.17) is 0 Å². The average molecular weight is 391 g/mol. The number of halogens is 3. The second-order valence-electron chi connectivity index (χ2n) is 6.50. The van der Waals surface area contributed by atoms with Crippen molar-refractivity contribution in [1.82, 2.24) is 24.8 Å². The number of piperidine rings is 1. The molecule has 0 bridgehead atoms. The zero-order valence-electron chi connectivity index (χ0n) is 14.6. The van der Waals surface area contributed by atoms with Crippen molar-refractivity contribution in [2.75, 3.05) is 23.3 Å². The smallest absolute Gasteiger partial charge is 0.356 e. The molecule has 1 atom stereocenters. The first-order valence-electron chi connectivity index (χ1n) is 8.67. The van der Waals surface area contributed by atoms with Gasteiger partial charge in [-0.15, -0.1) is 5.10 Å². The fourth-order valence-corrected chi connectivity index (χ4v) is 3.20. The Balaban J connectivity index is 1.60. The van der Waals surface area contributed by atoms with Gasteiger partial charge in [-0.3, -0.25) is 4.79 Å². The molecule has 0 aliphatic carbocycles. The Morgan fingerprint density at radius 3 is 2.89 bits per heavy atom. The predicted molar refractivity (Wildman–Crippen MR) is 94.0 cm³/mol. The Labute approximate surface area is 157 Å². The van der Waals surface area contributed by atoms with Crippen LogP contribution in [-0.4, -0.2) is 50.0 Å². The first-order valence-corrected chi connectivity index (χ1v) is 8.67. The Morgan fingerprint density at radius 1 is 1.29 bits per heavy atom. The van der Waals surface area contributed by atoms with Crippen molar-refractivity contribution in [3.05, 3.63) is 42.4 Å². The van der Waals surface area contributed by atoms with Crippen molar-refractivity contribution in [3.8, 4) is 0 Å². The summed E-state index contributed by atoms with van der Waals surface area (Å²) in [5, 5.41) is 14.1. The van der Waals surface area contributed by atoms with Crippen LogP contribution in [0.3, 0.4) is 0 Å². The summed E-state index contributed by atoms with van der Waals surface area (Å²) in [6, 6.07) is 4.81. The molecule has 0 radical (unpaired) electrons. The lowest BCUT2D eigenvalue weighted by atomic mass is 9.97. The minimum Gasteiger partial charge on any atom is -0.356 e. The molecule has 1 fully saturated rings. The molecule has 11 heteroatoms. The quantitative estimate of drug-likeness (QED) is 0.738. The number of nitrogens with one attached hydrogen (secondary N) is 1. The molecule has 1 unspecified atom stereocenters. The molecule has 1 aliphatic rings. The number of hydrogen-bond acceptors (Lipinski definition) is 6. The van der Waals surface area contributed by atoms with Crippen LogP contribution in [0.15, 0.2) is 36.8 Å². The normalized spacial score (nSPS) is 17.7. The predicted octanol–water partition coefficient (Wildman–Crippen LogP) is 2.55. The van der Waals surface area contributed by atoms with Crippen LogP contribution in [0.4, 0.5) is 24.8 Å². The SMILES string of the molecule is O=C(Nc1cccnn1)c1cnn2ccc(N3CCCC(C(F)(F)F)C3)nc12. The topological polar surface area (TPSA) is 88.3 Å². The highest BCUT2D eigenvalue weighted by Crippen LogP contribution is 2.34. The first kappa shape index (κ1) is 18.1. The average Bonchev–Trinajstić information content (AvgIpc) is 3.11. The minimum absolute atomic E-state index is 0.112. The van der Waals surface area contributed by atoms with Crippen LogP contribution in [0, 0.1) is 5.92 Å². The maximum atomic E-state index is 13.1. The number of alkyl halides is 3. The molecule has 1 saturated heterocycles. The van der Waals surface area contributed by atoms with Crippen LogP contribution >= 0.6 is 0 Å². The summed E-state index contributed by atoms with van der Waals surface area (Å²) in [4.78, 5) is 18.5. The van der Waals surface area contributed by atoms with Crippen molar-refractivity contribution in [3.63, 3.8) is 0 Å². The van der Waals surface area contributed by atoms with E-state index in [1.165, 1.54) is 16.9 Å². The van der Waals surface area contributed by atoms with E-state index in [9.17, 15) is 18.0 Å². The largest absolute Gasteiger partial charge is 0.393 e. The number of rotatable bonds is 3. The summed E-state index contributed by atoms with van der Waals surface area (Å²) in [5.41, 5.74) is 0.449. The number of carbonyl (C=O) groups excluding carboxylic acids is 1. The Hall–Kier alpha value is -3.24. The third kappa shape index (κ3) is 3.59. The zero-order chi connectivity index (χ0) is 19.7. The lowest BCUT2D eigenvalue weighted by Gasteiger charge is -2.34. The maximum absolute atomic E-state index is 13.1. The van der Waals surface area contributed by atoms with Crippen LogP contribution in [-0.2, 0) is 0 Å². The van der Waals surface area contributed by atoms with Crippen LogP contribution in [0.5, 0.6) is 0 Å². The van der Waals surface area contributed by atoms with E-state index in [0.717, 1.165) is 0 Å². The van der Waals surface area contributed by atoms with Gasteiger partial charge in [-0.05, 0) is 31.0 Å². The van der Waals surface area contributed by atoms with Crippen molar-refractivity contribution in [2.24, 2.45) is 5.92 Å². The lowest BCUT2D eigenvalue weighted by molar-refractivity contribution is -0.176. The van der Waals surface area contributed by atoms with E-state index in [-0.39, 0.29) is 30.0 Å². The molecule has 0 saturated carbocycles. The molecule has 4 rings (SSSR count). The van der Waals surface area contributed by atoms with Crippen LogP contribution in [0.1, 0.15) is 23.2 Å². The molecule has 28 heavy (non-hydrogen) atoms. The molecule has 1 amide bonds. The molecule has 8 nitrogen and oxygen atoms in total. The van der Waals surface area contributed by atoms with Crippen LogP contribution in [0.25, 0.3) is 5.65 Å². The second kappa shape index (κ2) is 7.06. The summed E-state index contributed by atoms with van der Waals surface area (Å²) in [7, 11) is 0. The molecule has 146 valence electrons. The van der Waals surface area contributed by atoms with Crippen molar-refractivity contribution < 1.29 is 18.0 Å². The maximum Gasteiger partial charge on any atom is 0.393 e. The molecule has 4 heterocycles. The van der Waals surface area contributed by atoms with Gasteiger partial charge in [0.1, 0.15) is 11.4 Å². The van der Waals surface area contributed by atoms with Gasteiger partial charge in [0, 0.05) is 25.5 Å². The Morgan fingerprint density at radius 2 is 2.14 bits per heavy atom. The summed E-state index contributed by atoms with van der Waals surface area (Å²) < 4.78 is 40.7. The van der Waals surface area contributed by atoms with Gasteiger partial charge in [0.25, 0.3) is 5.91 Å². The highest BCUT2D eigenvalue weighted by atomic mass is 19.4. The van der Waals surface area contributed by atoms with Crippen molar-refractivity contribution in [2.45, 2.75) is 19.0 Å². The number of hydrogen-bond donors (Lipinski definition) is 1. The van der Waals surface area contributed by atoms with E-state index in [1.807, 2.05) is 0 Å². The van der Waals surface area contributed by atoms with Gasteiger partial charge < -0.3 is 10.2 Å². The number of nitrogens with zero attached hydrogens (tertiary/aromatic N) is 6. The summed E-state index contributed by atoms with van der Waals surface area (Å²) >= 11 is 0. The fourth-order valence-electron chi connectivity index (χ4n) is 3.20. The highest BCUT2D eigenvalue weighted by Gasteiger charge is 2.42. The Kier molecular flexibility index (Phi) is 4.57. The number of fused-ring (bicyclic) bond motifs is 1. The van der Waals surface area contributed by atoms with E-state index in [0.29, 0.717) is 18.8 Å². The molecule has 0 aromatic carbocycles. The van der Waals surface area contributed by atoms with E-state index >= 15 is 0 Å². The number of amides is 1. The number of carbonyl (C=O) groups is 1. The third-order valence-electron chi connectivity index (χ3n) is 4.62. The minimum atomic E-state index is -4.23. The molecular weight excluding hydrogens is 375 g/mol. The lowest BCUT2D eigenvalue weighted by Crippen LogP contribution is -2.42. The van der Waals surface area contributed by atoms with Crippen molar-refractivity contribution >= 4 is 23.2 Å². The third-order valence-corrected chi connectivity index (χ3v) is 4.62. The van der Waals surface area contributed by atoms with E-state index in [2.05, 4.69) is 25.6 Å². The zero-order valence-corrected chi connectivity index (χ0v) is 14.6. The number of anilines is 2. The summed E-state index contributed by atoms with van der Waals surface area (Å²) in [6.45, 7) is 0.326. The highest BCUT2D eigenvalue weighted by molar-refractivity contribution is 6.07. The van der Waals surface area contributed by atoms with Crippen LogP contribution in [0.2, 0.25) is 0 Å². The molecule has 1 aliphatic heterocycles. The van der Waals surface area contributed by atoms with Gasteiger partial charge in [-0.25, -0.2) is 9.50 Å². The molecule has 1 N–H and O–H groups in total. The van der Waals surface area contributed by atoms with Crippen LogP contribution < -0.4 is 10.2 Å². The standard InChI is InChI=1S/C17H16F3N7O/c18-17(19,20)11-3-2-7-26(10-11)14-5-8-27-15(24-14)12(9-22-27)16(28)23-13-4-1-6-21-25-13/h1,4-6,8-9,11H,2-3,7,10H2,(H,23,25,28). The van der Waals surface area contributed by atoms with Crippen molar-refractivity contribution in [1.29, 1.82) is 0 Å². The first-order chi connectivity index (χ1) is 13.4. The van der Waals surface area contributed by atoms with Gasteiger partial charge in [0.05, 0.1) is 12.1 Å². The van der Waals surface area contributed by atoms with E-state index < -0.39 is 18.0 Å². The van der Waals surface area contributed by atoms with E-state index in [1.54, 1.807) is 29.3 Å². The Bertz CT molecular complexity index is 989. The molecule has 3 aromatic rings. The summed E-state index contributed by atoms with van der Waals surface area (Å²) in [5.74, 6) is -1.21. The summed E-state index contributed by atoms with van der Waals surface area (Å²) in [6.07, 6.45) is 0.713. The second-order valence-corrected chi connectivity index (χ2v) is 6.50. The molecule has 3 aromatic heterocycles. The van der Waals surface area contributed by atoms with Gasteiger partial charge in [0.2, 0.25) is 0 Å². The monoisotopic (exact) mass is 391 g/mol. The molecule has 0 spiro atoms. The van der Waals surface area contributed by atoms with Gasteiger partial charge in [-0.2, -0.15) is 23.4 Å².